The minimum Gasteiger partial charge on any atom is -0.269 e. The maximum Gasteiger partial charge on any atom is 0.0156 e. The number of nitrogens with zero attached hydrogens (tertiary/aromatic N) is 1. The van der Waals surface area contributed by atoms with Crippen LogP contribution in [0.3, 0.4) is 0 Å². The molecule has 0 aromatic heterocycles. The van der Waals surface area contributed by atoms with Crippen molar-refractivity contribution in [2.24, 2.45) is 11.8 Å². The molecule has 0 bridgehead atoms. The summed E-state index contributed by atoms with van der Waals surface area (Å²) >= 11 is 0. The van der Waals surface area contributed by atoms with Gasteiger partial charge >= 0.3 is 0 Å². The fourth-order valence-electron chi connectivity index (χ4n) is 1.60. The van der Waals surface area contributed by atoms with E-state index in [1.807, 2.05) is 5.01 Å². The molecule has 0 amide bonds. The van der Waals surface area contributed by atoms with Crippen LogP contribution in [0.25, 0.3) is 0 Å². The van der Waals surface area contributed by atoms with Crippen molar-refractivity contribution in [1.82, 2.24) is 5.01 Å². The summed E-state index contributed by atoms with van der Waals surface area (Å²) in [6.07, 6.45) is 5.32. The summed E-state index contributed by atoms with van der Waals surface area (Å²) < 4.78 is 0. The van der Waals surface area contributed by atoms with Crippen molar-refractivity contribution in [1.29, 1.82) is 0 Å². The van der Waals surface area contributed by atoms with E-state index in [9.17, 15) is 0 Å². The molecule has 1 atom stereocenters. The smallest absolute Gasteiger partial charge is 0.0156 e. The summed E-state index contributed by atoms with van der Waals surface area (Å²) in [6, 6.07) is 0. The maximum absolute atomic E-state index is 5.73. The second-order valence-electron chi connectivity index (χ2n) is 3.26. The number of nitrogens with two attached hydrogens (primary N) is 1. The van der Waals surface area contributed by atoms with E-state index in [1.54, 1.807) is 0 Å². The Kier molecular flexibility index (Phi) is 3.16. The topological polar surface area (TPSA) is 29.3 Å². The highest BCUT2D eigenvalue weighted by atomic mass is 15.4. The second-order valence-corrected chi connectivity index (χ2v) is 3.26. The Balaban J connectivity index is 2.30. The minimum atomic E-state index is 0.854. The zero-order valence-corrected chi connectivity index (χ0v) is 6.84. The summed E-state index contributed by atoms with van der Waals surface area (Å²) in [4.78, 5) is 0. The lowest BCUT2D eigenvalue weighted by Gasteiger charge is -2.17. The molecule has 2 N–H and O–H groups in total. The molecule has 1 aliphatic heterocycles. The molecule has 2 heteroatoms. The van der Waals surface area contributed by atoms with Crippen molar-refractivity contribution in [3.8, 4) is 0 Å². The summed E-state index contributed by atoms with van der Waals surface area (Å²) in [5.41, 5.74) is 0. The number of hydrogen-bond acceptors (Lipinski definition) is 2. The first-order valence-electron chi connectivity index (χ1n) is 4.32. The molecular weight excluding hydrogens is 124 g/mol. The lowest BCUT2D eigenvalue weighted by atomic mass is 10.0. The molecule has 0 aromatic carbocycles. The molecule has 0 radical (unpaired) electrons. The first-order valence-corrected chi connectivity index (χ1v) is 4.32. The van der Waals surface area contributed by atoms with Gasteiger partial charge in [-0.1, -0.05) is 19.8 Å². The first kappa shape index (κ1) is 8.02. The molecule has 0 saturated carbocycles. The van der Waals surface area contributed by atoms with Crippen molar-refractivity contribution < 1.29 is 0 Å². The van der Waals surface area contributed by atoms with Crippen LogP contribution in [0.4, 0.5) is 0 Å². The quantitative estimate of drug-likeness (QED) is 0.560. The van der Waals surface area contributed by atoms with E-state index in [0.717, 1.165) is 19.0 Å². The molecule has 1 unspecified atom stereocenters. The van der Waals surface area contributed by atoms with Crippen LogP contribution < -0.4 is 5.84 Å². The van der Waals surface area contributed by atoms with E-state index in [-0.39, 0.29) is 0 Å². The number of hydrazine groups is 1. The monoisotopic (exact) mass is 142 g/mol. The number of rotatable bonds is 1. The normalized spacial score (nSPS) is 30.0. The van der Waals surface area contributed by atoms with Gasteiger partial charge in [-0.05, 0) is 18.8 Å². The Bertz CT molecular complexity index is 93.3. The van der Waals surface area contributed by atoms with Crippen LogP contribution >= 0.6 is 0 Å². The highest BCUT2D eigenvalue weighted by Crippen LogP contribution is 2.16. The van der Waals surface area contributed by atoms with Gasteiger partial charge in [0, 0.05) is 13.1 Å². The van der Waals surface area contributed by atoms with Crippen LogP contribution in [0.15, 0.2) is 0 Å². The molecule has 1 rings (SSSR count). The van der Waals surface area contributed by atoms with Crippen LogP contribution in [0.5, 0.6) is 0 Å². The molecule has 0 aromatic rings. The van der Waals surface area contributed by atoms with Crippen LogP contribution in [-0.4, -0.2) is 18.1 Å². The van der Waals surface area contributed by atoms with E-state index >= 15 is 0 Å². The summed E-state index contributed by atoms with van der Waals surface area (Å²) in [5, 5.41) is 1.97. The Labute approximate surface area is 63.4 Å². The van der Waals surface area contributed by atoms with Gasteiger partial charge in [0.2, 0.25) is 0 Å². The predicted molar refractivity (Wildman–Crippen MR) is 43.4 cm³/mol. The van der Waals surface area contributed by atoms with Crippen LogP contribution in [0.2, 0.25) is 0 Å². The number of hydrogen-bond donors (Lipinski definition) is 1. The molecule has 2 nitrogen and oxygen atoms in total. The molecule has 1 aliphatic rings. The van der Waals surface area contributed by atoms with E-state index in [0.29, 0.717) is 0 Å². The third kappa shape index (κ3) is 2.27. The lowest BCUT2D eigenvalue weighted by Crippen LogP contribution is -2.34. The molecule has 1 saturated heterocycles. The molecule has 0 spiro atoms. The van der Waals surface area contributed by atoms with E-state index in [1.165, 1.54) is 25.7 Å². The molecule has 1 fully saturated rings. The van der Waals surface area contributed by atoms with Crippen LogP contribution in [-0.2, 0) is 0 Å². The van der Waals surface area contributed by atoms with Gasteiger partial charge in [0.1, 0.15) is 0 Å². The standard InChI is InChI=1S/C8H18N2/c1-2-8-5-3-4-6-10(9)7-8/h8H,2-7,9H2,1H3. The molecule has 0 aliphatic carbocycles. The Morgan fingerprint density at radius 1 is 1.50 bits per heavy atom. The van der Waals surface area contributed by atoms with Gasteiger partial charge < -0.3 is 0 Å². The van der Waals surface area contributed by atoms with Gasteiger partial charge in [-0.2, -0.15) is 0 Å². The van der Waals surface area contributed by atoms with Crippen molar-refractivity contribution in [2.75, 3.05) is 13.1 Å². The summed E-state index contributed by atoms with van der Waals surface area (Å²) in [5.74, 6) is 6.59. The van der Waals surface area contributed by atoms with Gasteiger partial charge in [-0.25, -0.2) is 5.01 Å². The van der Waals surface area contributed by atoms with Crippen LogP contribution in [0, 0.1) is 5.92 Å². The summed E-state index contributed by atoms with van der Waals surface area (Å²) in [6.45, 7) is 4.46. The highest BCUT2D eigenvalue weighted by Gasteiger charge is 2.13. The van der Waals surface area contributed by atoms with E-state index in [2.05, 4.69) is 6.92 Å². The average Bonchev–Trinajstić information content (AvgIpc) is 2.13. The lowest BCUT2D eigenvalue weighted by molar-refractivity contribution is 0.253. The Morgan fingerprint density at radius 3 is 3.00 bits per heavy atom. The molecule has 60 valence electrons. The summed E-state index contributed by atoms with van der Waals surface area (Å²) in [7, 11) is 0. The van der Waals surface area contributed by atoms with E-state index in [4.69, 9.17) is 5.84 Å². The van der Waals surface area contributed by atoms with Gasteiger partial charge in [0.25, 0.3) is 0 Å². The van der Waals surface area contributed by atoms with Crippen molar-refractivity contribution in [3.05, 3.63) is 0 Å². The SMILES string of the molecule is CCC1CCCCN(N)C1. The fourth-order valence-corrected chi connectivity index (χ4v) is 1.60. The van der Waals surface area contributed by atoms with Gasteiger partial charge in [0.15, 0.2) is 0 Å². The second kappa shape index (κ2) is 3.94. The largest absolute Gasteiger partial charge is 0.269 e. The highest BCUT2D eigenvalue weighted by molar-refractivity contribution is 4.65. The molecule has 1 heterocycles. The molecule has 10 heavy (non-hydrogen) atoms. The van der Waals surface area contributed by atoms with Gasteiger partial charge in [-0.3, -0.25) is 5.84 Å². The first-order chi connectivity index (χ1) is 4.83. The van der Waals surface area contributed by atoms with Gasteiger partial charge in [-0.15, -0.1) is 0 Å². The van der Waals surface area contributed by atoms with Crippen molar-refractivity contribution in [2.45, 2.75) is 32.6 Å². The minimum absolute atomic E-state index is 0.854. The van der Waals surface area contributed by atoms with Gasteiger partial charge in [0.05, 0.1) is 0 Å². The third-order valence-electron chi connectivity index (χ3n) is 2.38. The van der Waals surface area contributed by atoms with Crippen molar-refractivity contribution >= 4 is 0 Å². The third-order valence-corrected chi connectivity index (χ3v) is 2.38. The zero-order valence-electron chi connectivity index (χ0n) is 6.84. The van der Waals surface area contributed by atoms with Crippen LogP contribution in [0.1, 0.15) is 32.6 Å². The fraction of sp³-hybridized carbons (Fsp3) is 1.00. The van der Waals surface area contributed by atoms with Crippen molar-refractivity contribution in [3.63, 3.8) is 0 Å². The predicted octanol–water partition coefficient (Wildman–Crippen LogP) is 1.37. The molecular formula is C8H18N2. The maximum atomic E-state index is 5.73. The zero-order chi connectivity index (χ0) is 7.40. The van der Waals surface area contributed by atoms with E-state index < -0.39 is 0 Å². The Hall–Kier alpha value is -0.0800. The Morgan fingerprint density at radius 2 is 2.30 bits per heavy atom. The average molecular weight is 142 g/mol.